The molecular weight excluding hydrogens is 356 g/mol. The highest BCUT2D eigenvalue weighted by atomic mass is 16.2. The van der Waals surface area contributed by atoms with Crippen molar-refractivity contribution in [2.24, 2.45) is 5.92 Å². The average Bonchev–Trinajstić information content (AvgIpc) is 3.52. The minimum Gasteiger partial charge on any atom is -0.330 e. The Morgan fingerprint density at radius 3 is 2.18 bits per heavy atom. The number of hydrogen-bond acceptors (Lipinski definition) is 3. The summed E-state index contributed by atoms with van der Waals surface area (Å²) in [5.74, 6) is -0.180. The molecule has 0 spiro atoms. The van der Waals surface area contributed by atoms with E-state index in [0.29, 0.717) is 5.56 Å². The fourth-order valence-electron chi connectivity index (χ4n) is 2.65. The monoisotopic (exact) mass is 380 g/mol. The van der Waals surface area contributed by atoms with Crippen LogP contribution in [-0.4, -0.2) is 17.8 Å². The molecule has 4 N–H and O–H groups in total. The molecule has 0 unspecified atom stereocenters. The van der Waals surface area contributed by atoms with Crippen molar-refractivity contribution in [3.63, 3.8) is 0 Å². The van der Waals surface area contributed by atoms with Gasteiger partial charge in [-0.05, 0) is 56.5 Å². The van der Waals surface area contributed by atoms with E-state index in [4.69, 9.17) is 0 Å². The molecule has 4 amide bonds. The standard InChI is InChI=1S/C21H24N4O3/c1-13-3-5-17(6-4-13)20(27)24-25-21(28)22-14(2)15-9-11-18(12-10-15)23-19(26)16-7-8-16/h3-6,9-12,14,16H,7-8H2,1-2H3,(H,23,26)(H,24,27)(H2,22,25,28)/t14-/m1/s1. The largest absolute Gasteiger partial charge is 0.333 e. The van der Waals surface area contributed by atoms with Gasteiger partial charge < -0.3 is 10.6 Å². The summed E-state index contributed by atoms with van der Waals surface area (Å²) in [6, 6.07) is 13.6. The number of aryl methyl sites for hydroxylation is 1. The van der Waals surface area contributed by atoms with Gasteiger partial charge in [0.2, 0.25) is 5.91 Å². The first kappa shape index (κ1) is 19.4. The first-order chi connectivity index (χ1) is 13.4. The highest BCUT2D eigenvalue weighted by Gasteiger charge is 2.29. The third-order valence-corrected chi connectivity index (χ3v) is 4.58. The van der Waals surface area contributed by atoms with Gasteiger partial charge in [0.05, 0.1) is 6.04 Å². The van der Waals surface area contributed by atoms with Crippen molar-refractivity contribution in [2.45, 2.75) is 32.7 Å². The molecule has 0 aromatic heterocycles. The number of hydrazine groups is 1. The van der Waals surface area contributed by atoms with E-state index in [1.165, 1.54) is 0 Å². The van der Waals surface area contributed by atoms with Gasteiger partial charge in [-0.1, -0.05) is 29.8 Å². The minimum absolute atomic E-state index is 0.0580. The molecule has 2 aromatic rings. The summed E-state index contributed by atoms with van der Waals surface area (Å²) in [6.45, 7) is 3.77. The second kappa shape index (κ2) is 8.56. The molecular formula is C21H24N4O3. The molecule has 0 saturated heterocycles. The lowest BCUT2D eigenvalue weighted by molar-refractivity contribution is -0.117. The van der Waals surface area contributed by atoms with Gasteiger partial charge in [0.15, 0.2) is 0 Å². The summed E-state index contributed by atoms with van der Waals surface area (Å²) in [5, 5.41) is 5.62. The van der Waals surface area contributed by atoms with Crippen molar-refractivity contribution >= 4 is 23.5 Å². The van der Waals surface area contributed by atoms with Crippen LogP contribution in [0.4, 0.5) is 10.5 Å². The van der Waals surface area contributed by atoms with E-state index in [2.05, 4.69) is 21.5 Å². The average molecular weight is 380 g/mol. The molecule has 146 valence electrons. The van der Waals surface area contributed by atoms with Gasteiger partial charge in [0.1, 0.15) is 0 Å². The zero-order valence-electron chi connectivity index (χ0n) is 15.9. The Bertz CT molecular complexity index is 858. The second-order valence-electron chi connectivity index (χ2n) is 7.03. The number of carbonyl (C=O) groups excluding carboxylic acids is 3. The van der Waals surface area contributed by atoms with Crippen LogP contribution in [0.15, 0.2) is 48.5 Å². The molecule has 1 atom stereocenters. The van der Waals surface area contributed by atoms with Crippen LogP contribution in [-0.2, 0) is 4.79 Å². The highest BCUT2D eigenvalue weighted by Crippen LogP contribution is 2.30. The lowest BCUT2D eigenvalue weighted by Crippen LogP contribution is -2.47. The normalized spacial score (nSPS) is 13.9. The lowest BCUT2D eigenvalue weighted by atomic mass is 10.1. The number of nitrogens with one attached hydrogen (secondary N) is 4. The molecule has 0 radical (unpaired) electrons. The molecule has 7 nitrogen and oxygen atoms in total. The van der Waals surface area contributed by atoms with Crippen molar-refractivity contribution in [1.82, 2.24) is 16.2 Å². The zero-order chi connectivity index (χ0) is 20.1. The third kappa shape index (κ3) is 5.33. The molecule has 2 aromatic carbocycles. The van der Waals surface area contributed by atoms with E-state index < -0.39 is 11.9 Å². The summed E-state index contributed by atoms with van der Waals surface area (Å²) in [5.41, 5.74) is 7.85. The summed E-state index contributed by atoms with van der Waals surface area (Å²) in [7, 11) is 0. The number of amides is 4. The summed E-state index contributed by atoms with van der Waals surface area (Å²) >= 11 is 0. The van der Waals surface area contributed by atoms with Crippen molar-refractivity contribution < 1.29 is 14.4 Å². The van der Waals surface area contributed by atoms with Crippen LogP contribution in [0.1, 0.15) is 47.3 Å². The number of urea groups is 1. The molecule has 1 saturated carbocycles. The van der Waals surface area contributed by atoms with E-state index in [-0.39, 0.29) is 17.9 Å². The fourth-order valence-corrected chi connectivity index (χ4v) is 2.65. The van der Waals surface area contributed by atoms with Gasteiger partial charge in [0.25, 0.3) is 5.91 Å². The van der Waals surface area contributed by atoms with Crippen LogP contribution >= 0.6 is 0 Å². The van der Waals surface area contributed by atoms with Crippen LogP contribution in [0.5, 0.6) is 0 Å². The maximum atomic E-state index is 12.0. The zero-order valence-corrected chi connectivity index (χ0v) is 15.9. The van der Waals surface area contributed by atoms with Crippen LogP contribution in [0.2, 0.25) is 0 Å². The minimum atomic E-state index is -0.515. The lowest BCUT2D eigenvalue weighted by Gasteiger charge is -2.16. The Morgan fingerprint density at radius 1 is 0.929 bits per heavy atom. The molecule has 7 heteroatoms. The van der Waals surface area contributed by atoms with Crippen molar-refractivity contribution in [3.05, 3.63) is 65.2 Å². The van der Waals surface area contributed by atoms with Gasteiger partial charge in [-0.15, -0.1) is 0 Å². The molecule has 0 aliphatic heterocycles. The van der Waals surface area contributed by atoms with Gasteiger partial charge in [-0.3, -0.25) is 15.0 Å². The fraction of sp³-hybridized carbons (Fsp3) is 0.286. The van der Waals surface area contributed by atoms with Crippen LogP contribution in [0.25, 0.3) is 0 Å². The van der Waals surface area contributed by atoms with Gasteiger partial charge >= 0.3 is 6.03 Å². The molecule has 3 rings (SSSR count). The first-order valence-corrected chi connectivity index (χ1v) is 9.26. The maximum absolute atomic E-state index is 12.0. The van der Waals surface area contributed by atoms with E-state index in [1.54, 1.807) is 12.1 Å². The Balaban J connectivity index is 1.46. The Labute approximate surface area is 163 Å². The number of carbonyl (C=O) groups is 3. The smallest absolute Gasteiger partial charge is 0.330 e. The van der Waals surface area contributed by atoms with Gasteiger partial charge in [0, 0.05) is 17.2 Å². The molecule has 1 aliphatic rings. The topological polar surface area (TPSA) is 99.3 Å². The molecule has 1 fully saturated rings. The van der Waals surface area contributed by atoms with Crippen LogP contribution in [0, 0.1) is 12.8 Å². The molecule has 0 heterocycles. The molecule has 1 aliphatic carbocycles. The second-order valence-corrected chi connectivity index (χ2v) is 7.03. The summed E-state index contributed by atoms with van der Waals surface area (Å²) in [6.07, 6.45) is 1.92. The van der Waals surface area contributed by atoms with E-state index in [9.17, 15) is 14.4 Å². The Kier molecular flexibility index (Phi) is 5.93. The number of rotatable bonds is 5. The number of benzene rings is 2. The van der Waals surface area contributed by atoms with Crippen molar-refractivity contribution in [3.8, 4) is 0 Å². The maximum Gasteiger partial charge on any atom is 0.333 e. The Hall–Kier alpha value is -3.35. The number of hydrogen-bond donors (Lipinski definition) is 4. The predicted octanol–water partition coefficient (Wildman–Crippen LogP) is 3.05. The highest BCUT2D eigenvalue weighted by molar-refractivity contribution is 5.95. The van der Waals surface area contributed by atoms with Gasteiger partial charge in [-0.2, -0.15) is 0 Å². The third-order valence-electron chi connectivity index (χ3n) is 4.58. The SMILES string of the molecule is Cc1ccc(C(=O)NNC(=O)N[C@H](C)c2ccc(NC(=O)C3CC3)cc2)cc1. The van der Waals surface area contributed by atoms with Gasteiger partial charge in [-0.25, -0.2) is 10.2 Å². The Morgan fingerprint density at radius 2 is 1.57 bits per heavy atom. The van der Waals surface area contributed by atoms with E-state index >= 15 is 0 Å². The van der Waals surface area contributed by atoms with Crippen molar-refractivity contribution in [1.29, 1.82) is 0 Å². The van der Waals surface area contributed by atoms with Crippen LogP contribution < -0.4 is 21.5 Å². The van der Waals surface area contributed by atoms with E-state index in [1.807, 2.05) is 50.2 Å². The quantitative estimate of drug-likeness (QED) is 0.600. The summed E-state index contributed by atoms with van der Waals surface area (Å²) < 4.78 is 0. The number of anilines is 1. The van der Waals surface area contributed by atoms with Crippen molar-refractivity contribution in [2.75, 3.05) is 5.32 Å². The molecule has 0 bridgehead atoms. The predicted molar refractivity (Wildman–Crippen MR) is 107 cm³/mol. The van der Waals surface area contributed by atoms with Crippen LogP contribution in [0.3, 0.4) is 0 Å². The first-order valence-electron chi connectivity index (χ1n) is 9.26. The molecule has 28 heavy (non-hydrogen) atoms. The van der Waals surface area contributed by atoms with E-state index in [0.717, 1.165) is 29.7 Å². The summed E-state index contributed by atoms with van der Waals surface area (Å²) in [4.78, 5) is 35.8.